The first-order valence-electron chi connectivity index (χ1n) is 8.30. The summed E-state index contributed by atoms with van der Waals surface area (Å²) in [6, 6.07) is 0.773. The predicted octanol–water partition coefficient (Wildman–Crippen LogP) is 3.44. The van der Waals surface area contributed by atoms with Crippen molar-refractivity contribution in [2.75, 3.05) is 26.2 Å². The van der Waals surface area contributed by atoms with Crippen LogP contribution in [-0.2, 0) is 0 Å². The van der Waals surface area contributed by atoms with Crippen LogP contribution in [0.5, 0.6) is 0 Å². The lowest BCUT2D eigenvalue weighted by Crippen LogP contribution is -2.44. The predicted molar refractivity (Wildman–Crippen MR) is 83.4 cm³/mol. The van der Waals surface area contributed by atoms with Crippen molar-refractivity contribution >= 4 is 0 Å². The Balaban J connectivity index is 1.65. The molecular formula is C17H32N2. The highest BCUT2D eigenvalue weighted by atomic mass is 15.1. The molecule has 2 heteroatoms. The van der Waals surface area contributed by atoms with Gasteiger partial charge >= 0.3 is 0 Å². The van der Waals surface area contributed by atoms with Gasteiger partial charge in [0.15, 0.2) is 0 Å². The number of hydrogen-bond acceptors (Lipinski definition) is 2. The van der Waals surface area contributed by atoms with Crippen LogP contribution in [0.15, 0.2) is 11.6 Å². The summed E-state index contributed by atoms with van der Waals surface area (Å²) < 4.78 is 0. The normalized spacial score (nSPS) is 30.4. The van der Waals surface area contributed by atoms with Gasteiger partial charge in [-0.1, -0.05) is 25.5 Å². The van der Waals surface area contributed by atoms with Gasteiger partial charge in [-0.2, -0.15) is 0 Å². The molecule has 1 aliphatic heterocycles. The van der Waals surface area contributed by atoms with Crippen molar-refractivity contribution in [3.05, 3.63) is 11.6 Å². The lowest BCUT2D eigenvalue weighted by molar-refractivity contribution is 0.193. The minimum absolute atomic E-state index is 0.773. The molecule has 110 valence electrons. The van der Waals surface area contributed by atoms with Crippen molar-refractivity contribution in [2.45, 2.75) is 58.9 Å². The van der Waals surface area contributed by atoms with Crippen LogP contribution < -0.4 is 5.32 Å². The molecule has 1 fully saturated rings. The van der Waals surface area contributed by atoms with E-state index in [4.69, 9.17) is 0 Å². The number of rotatable bonds is 5. The average molecular weight is 264 g/mol. The quantitative estimate of drug-likeness (QED) is 0.765. The Labute approximate surface area is 119 Å². The Morgan fingerprint density at radius 3 is 2.68 bits per heavy atom. The third-order valence-corrected chi connectivity index (χ3v) is 4.71. The fourth-order valence-corrected chi connectivity index (χ4v) is 3.85. The van der Waals surface area contributed by atoms with E-state index in [0.717, 1.165) is 17.9 Å². The molecule has 1 saturated heterocycles. The second-order valence-electron chi connectivity index (χ2n) is 6.82. The molecule has 0 bridgehead atoms. The van der Waals surface area contributed by atoms with Crippen LogP contribution in [-0.4, -0.2) is 37.1 Å². The van der Waals surface area contributed by atoms with E-state index in [2.05, 4.69) is 37.1 Å². The first kappa shape index (κ1) is 15.1. The van der Waals surface area contributed by atoms with Crippen LogP contribution in [0.25, 0.3) is 0 Å². The molecule has 1 aliphatic carbocycles. The van der Waals surface area contributed by atoms with Crippen molar-refractivity contribution in [2.24, 2.45) is 11.8 Å². The van der Waals surface area contributed by atoms with Crippen LogP contribution in [0.3, 0.4) is 0 Å². The van der Waals surface area contributed by atoms with Crippen LogP contribution in [0.4, 0.5) is 0 Å². The third kappa shape index (κ3) is 4.92. The number of likely N-dealkylation sites (tertiary alicyclic amines) is 1. The summed E-state index contributed by atoms with van der Waals surface area (Å²) in [5, 5.41) is 3.84. The summed E-state index contributed by atoms with van der Waals surface area (Å²) in [6.07, 6.45) is 9.13. The molecule has 0 amide bonds. The topological polar surface area (TPSA) is 15.3 Å². The zero-order chi connectivity index (χ0) is 13.7. The number of nitrogens with zero attached hydrogens (tertiary/aromatic N) is 1. The van der Waals surface area contributed by atoms with E-state index >= 15 is 0 Å². The summed E-state index contributed by atoms with van der Waals surface area (Å²) in [5.74, 6) is 1.65. The number of piperidine rings is 1. The molecule has 2 rings (SSSR count). The zero-order valence-electron chi connectivity index (χ0n) is 13.1. The SMILES string of the molecule is CCCN1CCC(NCC2CC(C)=CC(C)C2)CC1. The number of allylic oxidation sites excluding steroid dienone is 2. The number of nitrogens with one attached hydrogen (secondary N) is 1. The molecule has 0 aromatic heterocycles. The highest BCUT2D eigenvalue weighted by molar-refractivity contribution is 5.06. The second kappa shape index (κ2) is 7.44. The molecule has 0 aromatic rings. The Hall–Kier alpha value is -0.340. The molecule has 0 saturated carbocycles. The van der Waals surface area contributed by atoms with E-state index in [-0.39, 0.29) is 0 Å². The fourth-order valence-electron chi connectivity index (χ4n) is 3.85. The van der Waals surface area contributed by atoms with Gasteiger partial charge in [0, 0.05) is 6.04 Å². The van der Waals surface area contributed by atoms with Gasteiger partial charge in [-0.25, -0.2) is 0 Å². The summed E-state index contributed by atoms with van der Waals surface area (Å²) in [4.78, 5) is 2.62. The van der Waals surface area contributed by atoms with Gasteiger partial charge in [0.2, 0.25) is 0 Å². The molecule has 2 unspecified atom stereocenters. The van der Waals surface area contributed by atoms with Crippen molar-refractivity contribution in [3.8, 4) is 0 Å². The largest absolute Gasteiger partial charge is 0.314 e. The average Bonchev–Trinajstić information content (AvgIpc) is 2.37. The maximum Gasteiger partial charge on any atom is 0.00915 e. The molecule has 1 heterocycles. The van der Waals surface area contributed by atoms with Gasteiger partial charge in [-0.3, -0.25) is 0 Å². The van der Waals surface area contributed by atoms with Gasteiger partial charge in [-0.05, 0) is 77.0 Å². The van der Waals surface area contributed by atoms with Crippen molar-refractivity contribution in [1.29, 1.82) is 0 Å². The van der Waals surface area contributed by atoms with Crippen LogP contribution in [0, 0.1) is 11.8 Å². The van der Waals surface area contributed by atoms with E-state index in [0.29, 0.717) is 0 Å². The first-order chi connectivity index (χ1) is 9.17. The molecule has 19 heavy (non-hydrogen) atoms. The van der Waals surface area contributed by atoms with Gasteiger partial charge in [0.1, 0.15) is 0 Å². The lowest BCUT2D eigenvalue weighted by atomic mass is 9.83. The molecule has 0 spiro atoms. The van der Waals surface area contributed by atoms with Crippen LogP contribution in [0.2, 0.25) is 0 Å². The van der Waals surface area contributed by atoms with E-state index in [1.54, 1.807) is 5.57 Å². The standard InChI is InChI=1S/C17H32N2/c1-4-7-19-8-5-17(6-9-19)18-13-16-11-14(2)10-15(3)12-16/h10,14,16-18H,4-9,11-13H2,1-3H3. The molecule has 2 nitrogen and oxygen atoms in total. The van der Waals surface area contributed by atoms with Gasteiger partial charge < -0.3 is 10.2 Å². The van der Waals surface area contributed by atoms with Gasteiger partial charge in [0.25, 0.3) is 0 Å². The van der Waals surface area contributed by atoms with Gasteiger partial charge in [-0.15, -0.1) is 0 Å². The summed E-state index contributed by atoms with van der Waals surface area (Å²) in [5.41, 5.74) is 1.60. The van der Waals surface area contributed by atoms with Crippen LogP contribution in [0.1, 0.15) is 52.9 Å². The Kier molecular flexibility index (Phi) is 5.90. The fraction of sp³-hybridized carbons (Fsp3) is 0.882. The van der Waals surface area contributed by atoms with E-state index in [9.17, 15) is 0 Å². The van der Waals surface area contributed by atoms with E-state index in [1.165, 1.54) is 58.3 Å². The molecule has 0 radical (unpaired) electrons. The van der Waals surface area contributed by atoms with Crippen LogP contribution >= 0.6 is 0 Å². The summed E-state index contributed by atoms with van der Waals surface area (Å²) in [7, 11) is 0. The third-order valence-electron chi connectivity index (χ3n) is 4.71. The molecule has 2 aliphatic rings. The highest BCUT2D eigenvalue weighted by Gasteiger charge is 2.21. The minimum atomic E-state index is 0.773. The van der Waals surface area contributed by atoms with Crippen molar-refractivity contribution < 1.29 is 0 Å². The van der Waals surface area contributed by atoms with E-state index < -0.39 is 0 Å². The summed E-state index contributed by atoms with van der Waals surface area (Å²) in [6.45, 7) is 12.1. The smallest absolute Gasteiger partial charge is 0.00915 e. The molecular weight excluding hydrogens is 232 g/mol. The van der Waals surface area contributed by atoms with Gasteiger partial charge in [0.05, 0.1) is 0 Å². The maximum atomic E-state index is 3.84. The Morgan fingerprint density at radius 2 is 2.05 bits per heavy atom. The second-order valence-corrected chi connectivity index (χ2v) is 6.82. The van der Waals surface area contributed by atoms with Crippen molar-refractivity contribution in [3.63, 3.8) is 0 Å². The monoisotopic (exact) mass is 264 g/mol. The lowest BCUT2D eigenvalue weighted by Gasteiger charge is -2.34. The molecule has 2 atom stereocenters. The number of hydrogen-bond donors (Lipinski definition) is 1. The van der Waals surface area contributed by atoms with Crippen molar-refractivity contribution in [1.82, 2.24) is 10.2 Å². The summed E-state index contributed by atoms with van der Waals surface area (Å²) >= 11 is 0. The zero-order valence-corrected chi connectivity index (χ0v) is 13.1. The molecule has 0 aromatic carbocycles. The first-order valence-corrected chi connectivity index (χ1v) is 8.30. The highest BCUT2D eigenvalue weighted by Crippen LogP contribution is 2.27. The van der Waals surface area contributed by atoms with E-state index in [1.807, 2.05) is 0 Å². The maximum absolute atomic E-state index is 3.84. The Bertz CT molecular complexity index is 290. The molecule has 1 N–H and O–H groups in total. The Morgan fingerprint density at radius 1 is 1.32 bits per heavy atom. The minimum Gasteiger partial charge on any atom is -0.314 e.